The SMILES string of the molecule is CCC1(CNC(=O)c2cnn(C)c2N)CC1. The molecule has 0 unspecified atom stereocenters. The van der Waals surface area contributed by atoms with Gasteiger partial charge in [0.25, 0.3) is 5.91 Å². The summed E-state index contributed by atoms with van der Waals surface area (Å²) < 4.78 is 1.50. The van der Waals surface area contributed by atoms with Crippen molar-refractivity contribution in [2.24, 2.45) is 12.5 Å². The second-order valence-corrected chi connectivity index (χ2v) is 4.60. The highest BCUT2D eigenvalue weighted by atomic mass is 16.1. The van der Waals surface area contributed by atoms with E-state index >= 15 is 0 Å². The van der Waals surface area contributed by atoms with E-state index in [9.17, 15) is 4.79 Å². The summed E-state index contributed by atoms with van der Waals surface area (Å²) in [6.45, 7) is 2.91. The molecule has 1 aromatic heterocycles. The van der Waals surface area contributed by atoms with E-state index in [4.69, 9.17) is 5.73 Å². The summed E-state index contributed by atoms with van der Waals surface area (Å²) in [4.78, 5) is 11.8. The third-order valence-corrected chi connectivity index (χ3v) is 3.56. The van der Waals surface area contributed by atoms with Gasteiger partial charge in [-0.2, -0.15) is 5.10 Å². The normalized spacial score (nSPS) is 17.1. The number of nitrogens with two attached hydrogens (primary N) is 1. The van der Waals surface area contributed by atoms with Crippen LogP contribution < -0.4 is 11.1 Å². The van der Waals surface area contributed by atoms with E-state index in [0.29, 0.717) is 16.8 Å². The molecule has 0 aliphatic heterocycles. The molecule has 1 fully saturated rings. The molecule has 0 spiro atoms. The van der Waals surface area contributed by atoms with E-state index < -0.39 is 0 Å². The predicted molar refractivity (Wildman–Crippen MR) is 61.9 cm³/mol. The number of hydrogen-bond donors (Lipinski definition) is 2. The van der Waals surface area contributed by atoms with Crippen LogP contribution in [0.15, 0.2) is 6.20 Å². The highest BCUT2D eigenvalue weighted by Crippen LogP contribution is 2.47. The maximum Gasteiger partial charge on any atom is 0.256 e. The predicted octanol–water partition coefficient (Wildman–Crippen LogP) is 0.922. The molecule has 1 saturated carbocycles. The molecule has 5 nitrogen and oxygen atoms in total. The van der Waals surface area contributed by atoms with Gasteiger partial charge < -0.3 is 11.1 Å². The van der Waals surface area contributed by atoms with Gasteiger partial charge in [0.05, 0.1) is 6.20 Å². The Morgan fingerprint density at radius 3 is 2.81 bits per heavy atom. The monoisotopic (exact) mass is 222 g/mol. The Hall–Kier alpha value is -1.52. The number of rotatable bonds is 4. The van der Waals surface area contributed by atoms with Crippen LogP contribution in [0, 0.1) is 5.41 Å². The molecule has 0 atom stereocenters. The number of amides is 1. The summed E-state index contributed by atoms with van der Waals surface area (Å²) in [5.41, 5.74) is 6.55. The zero-order valence-corrected chi connectivity index (χ0v) is 9.79. The number of anilines is 1. The third kappa shape index (κ3) is 1.89. The number of nitrogens with one attached hydrogen (secondary N) is 1. The van der Waals surface area contributed by atoms with Crippen molar-refractivity contribution in [1.82, 2.24) is 15.1 Å². The smallest absolute Gasteiger partial charge is 0.256 e. The van der Waals surface area contributed by atoms with E-state index in [0.717, 1.165) is 13.0 Å². The summed E-state index contributed by atoms with van der Waals surface area (Å²) in [5, 5.41) is 6.88. The number of aromatic nitrogens is 2. The average Bonchev–Trinajstić information content (AvgIpc) is 2.99. The topological polar surface area (TPSA) is 72.9 Å². The third-order valence-electron chi connectivity index (χ3n) is 3.56. The van der Waals surface area contributed by atoms with E-state index in [2.05, 4.69) is 17.3 Å². The molecule has 0 radical (unpaired) electrons. The molecule has 1 aromatic rings. The number of hydrogen-bond acceptors (Lipinski definition) is 3. The molecule has 5 heteroatoms. The minimum absolute atomic E-state index is 0.120. The first-order chi connectivity index (χ1) is 7.58. The second-order valence-electron chi connectivity index (χ2n) is 4.60. The summed E-state index contributed by atoms with van der Waals surface area (Å²) in [7, 11) is 1.72. The van der Waals surface area contributed by atoms with Gasteiger partial charge in [0.1, 0.15) is 11.4 Å². The van der Waals surface area contributed by atoms with Gasteiger partial charge in [-0.25, -0.2) is 0 Å². The largest absolute Gasteiger partial charge is 0.383 e. The first kappa shape index (κ1) is 11.0. The minimum Gasteiger partial charge on any atom is -0.383 e. The molecule has 0 bridgehead atoms. The van der Waals surface area contributed by atoms with Gasteiger partial charge in [-0.3, -0.25) is 9.48 Å². The van der Waals surface area contributed by atoms with Crippen molar-refractivity contribution in [2.75, 3.05) is 12.3 Å². The Morgan fingerprint density at radius 1 is 1.69 bits per heavy atom. The molecule has 3 N–H and O–H groups in total. The fourth-order valence-electron chi connectivity index (χ4n) is 1.82. The standard InChI is InChI=1S/C11H18N4O/c1-3-11(4-5-11)7-13-10(16)8-6-14-15(2)9(8)12/h6H,3-5,7,12H2,1-2H3,(H,13,16). The van der Waals surface area contributed by atoms with Crippen LogP contribution in [0.3, 0.4) is 0 Å². The molecule has 0 saturated heterocycles. The van der Waals surface area contributed by atoms with Crippen LogP contribution >= 0.6 is 0 Å². The van der Waals surface area contributed by atoms with Crippen molar-refractivity contribution in [1.29, 1.82) is 0 Å². The second kappa shape index (κ2) is 3.81. The summed E-state index contributed by atoms with van der Waals surface area (Å²) in [6, 6.07) is 0. The van der Waals surface area contributed by atoms with Gasteiger partial charge in [0.15, 0.2) is 0 Å². The number of carbonyl (C=O) groups excluding carboxylic acids is 1. The molecule has 16 heavy (non-hydrogen) atoms. The van der Waals surface area contributed by atoms with E-state index in [1.807, 2.05) is 0 Å². The molecule has 0 aromatic carbocycles. The number of nitrogens with zero attached hydrogens (tertiary/aromatic N) is 2. The van der Waals surface area contributed by atoms with Crippen molar-refractivity contribution in [3.05, 3.63) is 11.8 Å². The fourth-order valence-corrected chi connectivity index (χ4v) is 1.82. The van der Waals surface area contributed by atoms with Crippen LogP contribution in [0.1, 0.15) is 36.5 Å². The first-order valence-electron chi connectivity index (χ1n) is 5.64. The van der Waals surface area contributed by atoms with Gasteiger partial charge >= 0.3 is 0 Å². The van der Waals surface area contributed by atoms with E-state index in [-0.39, 0.29) is 5.91 Å². The molecular formula is C11H18N4O. The highest BCUT2D eigenvalue weighted by molar-refractivity contribution is 5.98. The molecule has 88 valence electrons. The zero-order chi connectivity index (χ0) is 11.8. The van der Waals surface area contributed by atoms with Crippen LogP contribution in [0.2, 0.25) is 0 Å². The average molecular weight is 222 g/mol. The Morgan fingerprint density at radius 2 is 2.38 bits per heavy atom. The zero-order valence-electron chi connectivity index (χ0n) is 9.79. The van der Waals surface area contributed by atoms with Crippen molar-refractivity contribution in [2.45, 2.75) is 26.2 Å². The first-order valence-corrected chi connectivity index (χ1v) is 5.64. The summed E-state index contributed by atoms with van der Waals surface area (Å²) in [5.74, 6) is 0.296. The Balaban J connectivity index is 1.96. The molecule has 1 amide bonds. The maximum absolute atomic E-state index is 11.8. The Bertz CT molecular complexity index is 406. The molecule has 1 aliphatic rings. The quantitative estimate of drug-likeness (QED) is 0.795. The lowest BCUT2D eigenvalue weighted by molar-refractivity contribution is 0.0945. The van der Waals surface area contributed by atoms with Gasteiger partial charge in [0.2, 0.25) is 0 Å². The fraction of sp³-hybridized carbons (Fsp3) is 0.636. The van der Waals surface area contributed by atoms with Crippen molar-refractivity contribution in [3.63, 3.8) is 0 Å². The van der Waals surface area contributed by atoms with Gasteiger partial charge in [0, 0.05) is 13.6 Å². The number of carbonyl (C=O) groups is 1. The van der Waals surface area contributed by atoms with Gasteiger partial charge in [-0.1, -0.05) is 6.92 Å². The lowest BCUT2D eigenvalue weighted by Crippen LogP contribution is -2.30. The number of aryl methyl sites for hydroxylation is 1. The maximum atomic E-state index is 11.8. The Kier molecular flexibility index (Phi) is 2.61. The highest BCUT2D eigenvalue weighted by Gasteiger charge is 2.40. The lowest BCUT2D eigenvalue weighted by Gasteiger charge is -2.12. The molecule has 1 heterocycles. The Labute approximate surface area is 95.0 Å². The number of nitrogen functional groups attached to an aromatic ring is 1. The lowest BCUT2D eigenvalue weighted by atomic mass is 10.0. The van der Waals surface area contributed by atoms with Crippen LogP contribution in [-0.4, -0.2) is 22.2 Å². The van der Waals surface area contributed by atoms with Crippen molar-refractivity contribution >= 4 is 11.7 Å². The summed E-state index contributed by atoms with van der Waals surface area (Å²) >= 11 is 0. The van der Waals surface area contributed by atoms with Crippen LogP contribution in [-0.2, 0) is 7.05 Å². The molecular weight excluding hydrogens is 204 g/mol. The van der Waals surface area contributed by atoms with E-state index in [1.54, 1.807) is 7.05 Å². The minimum atomic E-state index is -0.120. The van der Waals surface area contributed by atoms with Crippen LogP contribution in [0.4, 0.5) is 5.82 Å². The van der Waals surface area contributed by atoms with Gasteiger partial charge in [-0.15, -0.1) is 0 Å². The van der Waals surface area contributed by atoms with Crippen molar-refractivity contribution in [3.8, 4) is 0 Å². The molecule has 1 aliphatic carbocycles. The molecule has 2 rings (SSSR count). The van der Waals surface area contributed by atoms with Crippen molar-refractivity contribution < 1.29 is 4.79 Å². The van der Waals surface area contributed by atoms with Gasteiger partial charge in [-0.05, 0) is 24.7 Å². The van der Waals surface area contributed by atoms with E-state index in [1.165, 1.54) is 23.7 Å². The van der Waals surface area contributed by atoms with Crippen LogP contribution in [0.25, 0.3) is 0 Å². The van der Waals surface area contributed by atoms with Crippen LogP contribution in [0.5, 0.6) is 0 Å². The summed E-state index contributed by atoms with van der Waals surface area (Å²) in [6.07, 6.45) is 5.06.